The predicted octanol–water partition coefficient (Wildman–Crippen LogP) is 2.09. The SMILES string of the molecule is NCc1ccc(S(=O)(=O)Nc2ccc(CO)cc2)c(Cl)c1. The van der Waals surface area contributed by atoms with E-state index in [1.165, 1.54) is 12.1 Å². The minimum absolute atomic E-state index is 0.00685. The Labute approximate surface area is 128 Å². The summed E-state index contributed by atoms with van der Waals surface area (Å²) in [4.78, 5) is -0.00685. The molecule has 5 nitrogen and oxygen atoms in total. The fourth-order valence-corrected chi connectivity index (χ4v) is 3.40. The van der Waals surface area contributed by atoms with Gasteiger partial charge in [-0.25, -0.2) is 8.42 Å². The van der Waals surface area contributed by atoms with Crippen LogP contribution in [0.1, 0.15) is 11.1 Å². The Balaban J connectivity index is 2.29. The molecule has 2 rings (SSSR count). The number of nitrogens with two attached hydrogens (primary N) is 1. The first-order valence-corrected chi connectivity index (χ1v) is 8.03. The van der Waals surface area contributed by atoms with Gasteiger partial charge in [0.15, 0.2) is 0 Å². The third kappa shape index (κ3) is 3.74. The molecule has 0 spiro atoms. The Morgan fingerprint density at radius 1 is 1.10 bits per heavy atom. The third-order valence-corrected chi connectivity index (χ3v) is 4.77. The van der Waals surface area contributed by atoms with Gasteiger partial charge in [-0.2, -0.15) is 0 Å². The van der Waals surface area contributed by atoms with E-state index in [-0.39, 0.29) is 23.1 Å². The topological polar surface area (TPSA) is 92.4 Å². The van der Waals surface area contributed by atoms with Crippen LogP contribution in [0.3, 0.4) is 0 Å². The molecule has 0 saturated heterocycles. The number of hydrogen-bond acceptors (Lipinski definition) is 4. The first-order chi connectivity index (χ1) is 9.96. The fourth-order valence-electron chi connectivity index (χ4n) is 1.78. The van der Waals surface area contributed by atoms with Crippen molar-refractivity contribution in [2.75, 3.05) is 4.72 Å². The minimum Gasteiger partial charge on any atom is -0.392 e. The van der Waals surface area contributed by atoms with Crippen molar-refractivity contribution in [3.63, 3.8) is 0 Å². The summed E-state index contributed by atoms with van der Waals surface area (Å²) in [6, 6.07) is 11.0. The maximum absolute atomic E-state index is 12.3. The van der Waals surface area contributed by atoms with Crippen LogP contribution >= 0.6 is 11.6 Å². The standard InChI is InChI=1S/C14H15ClN2O3S/c15-13-7-11(8-16)3-6-14(13)21(19,20)17-12-4-1-10(9-18)2-5-12/h1-7,17-18H,8-9,16H2. The molecule has 0 saturated carbocycles. The summed E-state index contributed by atoms with van der Waals surface area (Å²) in [5.41, 5.74) is 7.33. The van der Waals surface area contributed by atoms with Gasteiger partial charge in [0.1, 0.15) is 4.90 Å². The van der Waals surface area contributed by atoms with Crippen molar-refractivity contribution in [2.45, 2.75) is 18.0 Å². The average molecular weight is 327 g/mol. The van der Waals surface area contributed by atoms with Gasteiger partial charge in [-0.05, 0) is 35.4 Å². The maximum Gasteiger partial charge on any atom is 0.263 e. The maximum atomic E-state index is 12.3. The fraction of sp³-hybridized carbons (Fsp3) is 0.143. The highest BCUT2D eigenvalue weighted by molar-refractivity contribution is 7.92. The molecule has 0 aromatic heterocycles. The first-order valence-electron chi connectivity index (χ1n) is 6.17. The second kappa shape index (κ2) is 6.44. The zero-order valence-corrected chi connectivity index (χ0v) is 12.7. The van der Waals surface area contributed by atoms with Crippen molar-refractivity contribution in [3.8, 4) is 0 Å². The second-order valence-corrected chi connectivity index (χ2v) is 6.49. The molecule has 0 atom stereocenters. The van der Waals surface area contributed by atoms with Crippen LogP contribution in [0.2, 0.25) is 5.02 Å². The molecule has 0 unspecified atom stereocenters. The van der Waals surface area contributed by atoms with Gasteiger partial charge < -0.3 is 10.8 Å². The summed E-state index contributed by atoms with van der Waals surface area (Å²) < 4.78 is 27.0. The van der Waals surface area contributed by atoms with Crippen molar-refractivity contribution in [3.05, 3.63) is 58.6 Å². The van der Waals surface area contributed by atoms with Gasteiger partial charge in [0, 0.05) is 12.2 Å². The lowest BCUT2D eigenvalue weighted by Gasteiger charge is -2.10. The van der Waals surface area contributed by atoms with E-state index in [9.17, 15) is 8.42 Å². The Kier molecular flexibility index (Phi) is 4.84. The number of halogens is 1. The van der Waals surface area contributed by atoms with Crippen molar-refractivity contribution in [1.82, 2.24) is 0 Å². The Hall–Kier alpha value is -1.60. The highest BCUT2D eigenvalue weighted by atomic mass is 35.5. The molecule has 21 heavy (non-hydrogen) atoms. The van der Waals surface area contributed by atoms with Gasteiger partial charge in [-0.3, -0.25) is 4.72 Å². The lowest BCUT2D eigenvalue weighted by Crippen LogP contribution is -2.13. The highest BCUT2D eigenvalue weighted by Gasteiger charge is 2.18. The van der Waals surface area contributed by atoms with Crippen molar-refractivity contribution in [1.29, 1.82) is 0 Å². The molecule has 0 bridgehead atoms. The second-order valence-electron chi connectivity index (χ2n) is 4.43. The van der Waals surface area contributed by atoms with Crippen molar-refractivity contribution in [2.24, 2.45) is 5.73 Å². The molecule has 2 aromatic carbocycles. The molecular weight excluding hydrogens is 312 g/mol. The van der Waals surface area contributed by atoms with E-state index in [2.05, 4.69) is 4.72 Å². The van der Waals surface area contributed by atoms with E-state index in [0.717, 1.165) is 5.56 Å². The molecule has 0 aliphatic rings. The van der Waals surface area contributed by atoms with Crippen LogP contribution in [0.15, 0.2) is 47.4 Å². The zero-order chi connectivity index (χ0) is 15.5. The van der Waals surface area contributed by atoms with E-state index >= 15 is 0 Å². The van der Waals surface area contributed by atoms with Gasteiger partial charge in [-0.1, -0.05) is 29.8 Å². The van der Waals surface area contributed by atoms with Gasteiger partial charge in [0.05, 0.1) is 11.6 Å². The molecule has 0 radical (unpaired) electrons. The number of benzene rings is 2. The average Bonchev–Trinajstić information content (AvgIpc) is 2.47. The number of hydrogen-bond donors (Lipinski definition) is 3. The highest BCUT2D eigenvalue weighted by Crippen LogP contribution is 2.25. The molecule has 7 heteroatoms. The summed E-state index contributed by atoms with van der Waals surface area (Å²) in [7, 11) is -3.77. The van der Waals surface area contributed by atoms with Crippen LogP contribution in [-0.4, -0.2) is 13.5 Å². The predicted molar refractivity (Wildman–Crippen MR) is 82.5 cm³/mol. The van der Waals surface area contributed by atoms with E-state index < -0.39 is 10.0 Å². The number of anilines is 1. The first kappa shape index (κ1) is 15.8. The summed E-state index contributed by atoms with van der Waals surface area (Å²) >= 11 is 6.00. The minimum atomic E-state index is -3.77. The van der Waals surface area contributed by atoms with Gasteiger partial charge >= 0.3 is 0 Å². The van der Waals surface area contributed by atoms with Crippen molar-refractivity contribution >= 4 is 27.3 Å². The molecule has 0 heterocycles. The molecule has 0 fully saturated rings. The van der Waals surface area contributed by atoms with E-state index in [1.807, 2.05) is 0 Å². The van der Waals surface area contributed by atoms with Crippen LogP contribution in [-0.2, 0) is 23.2 Å². The largest absolute Gasteiger partial charge is 0.392 e. The summed E-state index contributed by atoms with van der Waals surface area (Å²) in [6.45, 7) is 0.190. The van der Waals surface area contributed by atoms with Crippen LogP contribution < -0.4 is 10.5 Å². The summed E-state index contributed by atoms with van der Waals surface area (Å²) in [5, 5.41) is 9.08. The number of aliphatic hydroxyl groups excluding tert-OH is 1. The molecule has 0 aliphatic carbocycles. The van der Waals surface area contributed by atoms with Crippen LogP contribution in [0.4, 0.5) is 5.69 Å². The van der Waals surface area contributed by atoms with Crippen molar-refractivity contribution < 1.29 is 13.5 Å². The molecular formula is C14H15ClN2O3S. The Morgan fingerprint density at radius 3 is 2.24 bits per heavy atom. The van der Waals surface area contributed by atoms with Gasteiger partial charge in [-0.15, -0.1) is 0 Å². The zero-order valence-electron chi connectivity index (χ0n) is 11.1. The summed E-state index contributed by atoms with van der Waals surface area (Å²) in [6.07, 6.45) is 0. The monoisotopic (exact) mass is 326 g/mol. The van der Waals surface area contributed by atoms with Gasteiger partial charge in [0.2, 0.25) is 0 Å². The molecule has 0 aliphatic heterocycles. The van der Waals surface area contributed by atoms with Gasteiger partial charge in [0.25, 0.3) is 10.0 Å². The molecule has 4 N–H and O–H groups in total. The lowest BCUT2D eigenvalue weighted by molar-refractivity contribution is 0.282. The quantitative estimate of drug-likeness (QED) is 0.784. The lowest BCUT2D eigenvalue weighted by atomic mass is 10.2. The Bertz CT molecular complexity index is 730. The number of aliphatic hydroxyl groups is 1. The van der Waals surface area contributed by atoms with Crippen LogP contribution in [0.25, 0.3) is 0 Å². The molecule has 0 amide bonds. The molecule has 112 valence electrons. The Morgan fingerprint density at radius 2 is 1.71 bits per heavy atom. The molecule has 2 aromatic rings. The normalized spacial score (nSPS) is 11.4. The summed E-state index contributed by atoms with van der Waals surface area (Å²) in [5.74, 6) is 0. The van der Waals surface area contributed by atoms with Crippen LogP contribution in [0.5, 0.6) is 0 Å². The number of sulfonamides is 1. The van der Waals surface area contributed by atoms with E-state index in [0.29, 0.717) is 11.3 Å². The van der Waals surface area contributed by atoms with Crippen LogP contribution in [0, 0.1) is 0 Å². The number of rotatable bonds is 5. The number of nitrogens with one attached hydrogen (secondary N) is 1. The third-order valence-electron chi connectivity index (χ3n) is 2.91. The smallest absolute Gasteiger partial charge is 0.263 e. The van der Waals surface area contributed by atoms with E-state index in [1.54, 1.807) is 30.3 Å². The van der Waals surface area contributed by atoms with E-state index in [4.69, 9.17) is 22.4 Å².